The molecule has 0 saturated carbocycles. The molecule has 0 radical (unpaired) electrons. The molecule has 2 aromatic heterocycles. The van der Waals surface area contributed by atoms with Crippen molar-refractivity contribution in [1.82, 2.24) is 9.55 Å². The van der Waals surface area contributed by atoms with Gasteiger partial charge in [0.25, 0.3) is 0 Å². The van der Waals surface area contributed by atoms with E-state index in [-0.39, 0.29) is 23.9 Å². The van der Waals surface area contributed by atoms with Crippen molar-refractivity contribution in [3.05, 3.63) is 84.5 Å². The van der Waals surface area contributed by atoms with Gasteiger partial charge in [-0.15, -0.1) is 0 Å². The highest BCUT2D eigenvalue weighted by molar-refractivity contribution is 6.17. The first-order valence-electron chi connectivity index (χ1n) is 9.51. The van der Waals surface area contributed by atoms with Crippen molar-refractivity contribution in [2.75, 3.05) is 5.32 Å². The maximum absolute atomic E-state index is 12.6. The average molecular weight is 412 g/mol. The summed E-state index contributed by atoms with van der Waals surface area (Å²) in [6.45, 7) is 0. The first-order chi connectivity index (χ1) is 15.1. The van der Waals surface area contributed by atoms with Crippen molar-refractivity contribution in [2.24, 2.45) is 4.99 Å². The molecule has 8 heteroatoms. The number of carbonyl (C=O) groups is 2. The van der Waals surface area contributed by atoms with Gasteiger partial charge in [0.05, 0.1) is 23.5 Å². The van der Waals surface area contributed by atoms with Gasteiger partial charge in [-0.2, -0.15) is 0 Å². The Kier molecular flexibility index (Phi) is 4.44. The normalized spacial score (nSPS) is 13.2. The number of oxazole rings is 1. The molecule has 1 aliphatic heterocycles. The van der Waals surface area contributed by atoms with E-state index in [4.69, 9.17) is 14.5 Å². The van der Waals surface area contributed by atoms with Gasteiger partial charge in [0.2, 0.25) is 11.8 Å². The Morgan fingerprint density at radius 1 is 1.06 bits per heavy atom. The molecule has 8 nitrogen and oxygen atoms in total. The Bertz CT molecular complexity index is 1340. The Hall–Kier alpha value is -4.46. The van der Waals surface area contributed by atoms with E-state index in [2.05, 4.69) is 10.3 Å². The van der Waals surface area contributed by atoms with Gasteiger partial charge in [-0.3, -0.25) is 9.79 Å². The summed E-state index contributed by atoms with van der Waals surface area (Å²) < 4.78 is 7.24. The summed E-state index contributed by atoms with van der Waals surface area (Å²) in [5, 5.41) is 12.0. The standard InChI is InChI=1S/C23H16N4O4/c28-21-12-18(14-4-3-5-15(10-14)22-26-20(13-31-22)23(29)30)24-17-7-6-16(11-19(17)25-21)27-8-1-2-9-27/h1-11,13H,12H2,(H,25,28)(H,29,30). The number of nitrogens with zero attached hydrogens (tertiary/aromatic N) is 3. The van der Waals surface area contributed by atoms with Crippen LogP contribution in [0.15, 0.2) is 82.7 Å². The zero-order chi connectivity index (χ0) is 21.4. The second-order valence-corrected chi connectivity index (χ2v) is 7.00. The Morgan fingerprint density at radius 2 is 1.87 bits per heavy atom. The number of carboxylic acid groups (broad SMARTS) is 1. The Balaban J connectivity index is 1.53. The summed E-state index contributed by atoms with van der Waals surface area (Å²) >= 11 is 0. The van der Waals surface area contributed by atoms with Crippen LogP contribution < -0.4 is 5.32 Å². The third-order valence-corrected chi connectivity index (χ3v) is 4.91. The van der Waals surface area contributed by atoms with Crippen LogP contribution in [0.25, 0.3) is 17.1 Å². The van der Waals surface area contributed by atoms with Gasteiger partial charge in [-0.25, -0.2) is 9.78 Å². The summed E-state index contributed by atoms with van der Waals surface area (Å²) in [6, 6.07) is 16.7. The number of rotatable bonds is 4. The first-order valence-corrected chi connectivity index (χ1v) is 9.51. The maximum atomic E-state index is 12.6. The molecule has 0 fully saturated rings. The van der Waals surface area contributed by atoms with E-state index in [9.17, 15) is 9.59 Å². The lowest BCUT2D eigenvalue weighted by atomic mass is 10.0. The predicted molar refractivity (Wildman–Crippen MR) is 114 cm³/mol. The van der Waals surface area contributed by atoms with E-state index in [0.717, 1.165) is 17.5 Å². The molecular weight excluding hydrogens is 396 g/mol. The molecule has 1 amide bonds. The second-order valence-electron chi connectivity index (χ2n) is 7.00. The first kappa shape index (κ1) is 18.6. The van der Waals surface area contributed by atoms with E-state index in [0.29, 0.717) is 22.6 Å². The molecule has 0 saturated heterocycles. The maximum Gasteiger partial charge on any atom is 0.357 e. The van der Waals surface area contributed by atoms with Crippen LogP contribution in [0.2, 0.25) is 0 Å². The smallest absolute Gasteiger partial charge is 0.357 e. The predicted octanol–water partition coefficient (Wildman–Crippen LogP) is 4.29. The highest BCUT2D eigenvalue weighted by Crippen LogP contribution is 2.32. The fourth-order valence-electron chi connectivity index (χ4n) is 3.42. The molecule has 4 aromatic rings. The van der Waals surface area contributed by atoms with Crippen LogP contribution in [-0.4, -0.2) is 32.2 Å². The zero-order valence-corrected chi connectivity index (χ0v) is 16.1. The quantitative estimate of drug-likeness (QED) is 0.519. The molecule has 1 aliphatic rings. The van der Waals surface area contributed by atoms with Crippen molar-refractivity contribution < 1.29 is 19.1 Å². The second kappa shape index (κ2) is 7.42. The summed E-state index contributed by atoms with van der Waals surface area (Å²) in [4.78, 5) is 32.3. The number of nitrogens with one attached hydrogen (secondary N) is 1. The summed E-state index contributed by atoms with van der Waals surface area (Å²) in [7, 11) is 0. The van der Waals surface area contributed by atoms with Crippen molar-refractivity contribution in [3.63, 3.8) is 0 Å². The van der Waals surface area contributed by atoms with Crippen molar-refractivity contribution in [1.29, 1.82) is 0 Å². The molecule has 31 heavy (non-hydrogen) atoms. The van der Waals surface area contributed by atoms with Crippen LogP contribution in [0, 0.1) is 0 Å². The van der Waals surface area contributed by atoms with Gasteiger partial charge in [0.15, 0.2) is 5.69 Å². The van der Waals surface area contributed by atoms with E-state index < -0.39 is 5.97 Å². The van der Waals surface area contributed by atoms with Gasteiger partial charge in [-0.1, -0.05) is 12.1 Å². The molecule has 0 unspecified atom stereocenters. The van der Waals surface area contributed by atoms with Crippen LogP contribution in [0.3, 0.4) is 0 Å². The zero-order valence-electron chi connectivity index (χ0n) is 16.1. The van der Waals surface area contributed by atoms with Crippen molar-refractivity contribution >= 4 is 29.0 Å². The highest BCUT2D eigenvalue weighted by Gasteiger charge is 2.19. The van der Waals surface area contributed by atoms with Crippen molar-refractivity contribution in [3.8, 4) is 17.1 Å². The van der Waals surface area contributed by atoms with Crippen LogP contribution in [-0.2, 0) is 4.79 Å². The number of fused-ring (bicyclic) bond motifs is 1. The third-order valence-electron chi connectivity index (χ3n) is 4.91. The minimum atomic E-state index is -1.16. The lowest BCUT2D eigenvalue weighted by Crippen LogP contribution is -2.15. The Labute approximate surface area is 176 Å². The largest absolute Gasteiger partial charge is 0.476 e. The number of aliphatic imine (C=N–C) groups is 1. The van der Waals surface area contributed by atoms with Gasteiger partial charge < -0.3 is 19.4 Å². The van der Waals surface area contributed by atoms with Gasteiger partial charge in [0, 0.05) is 23.6 Å². The fraction of sp³-hybridized carbons (Fsp3) is 0.0435. The number of hydrogen-bond donors (Lipinski definition) is 2. The molecule has 0 atom stereocenters. The summed E-state index contributed by atoms with van der Waals surface area (Å²) in [6.07, 6.45) is 5.06. The van der Waals surface area contributed by atoms with E-state index >= 15 is 0 Å². The number of aromatic nitrogens is 2. The molecular formula is C23H16N4O4. The lowest BCUT2D eigenvalue weighted by Gasteiger charge is -2.08. The lowest BCUT2D eigenvalue weighted by molar-refractivity contribution is -0.115. The number of hydrogen-bond acceptors (Lipinski definition) is 5. The highest BCUT2D eigenvalue weighted by atomic mass is 16.4. The van der Waals surface area contributed by atoms with Gasteiger partial charge >= 0.3 is 5.97 Å². The molecule has 3 heterocycles. The van der Waals surface area contributed by atoms with Crippen LogP contribution in [0.1, 0.15) is 22.5 Å². The number of benzene rings is 2. The monoisotopic (exact) mass is 412 g/mol. The fourth-order valence-corrected chi connectivity index (χ4v) is 3.42. The number of carboxylic acids is 1. The van der Waals surface area contributed by atoms with E-state index in [1.54, 1.807) is 18.2 Å². The summed E-state index contributed by atoms with van der Waals surface area (Å²) in [5.41, 5.74) is 3.97. The van der Waals surface area contributed by atoms with Crippen LogP contribution in [0.4, 0.5) is 11.4 Å². The molecule has 2 aromatic carbocycles. The van der Waals surface area contributed by atoms with E-state index in [1.165, 1.54) is 0 Å². The molecule has 2 N–H and O–H groups in total. The minimum absolute atomic E-state index is 0.100. The average Bonchev–Trinajstić information content (AvgIpc) is 3.44. The van der Waals surface area contributed by atoms with Gasteiger partial charge in [0.1, 0.15) is 6.26 Å². The SMILES string of the molecule is O=C1CC(c2cccc(-c3nc(C(=O)O)co3)c2)=Nc2ccc(-n3cccc3)cc2N1. The van der Waals surface area contributed by atoms with Crippen molar-refractivity contribution in [2.45, 2.75) is 6.42 Å². The summed E-state index contributed by atoms with van der Waals surface area (Å²) in [5.74, 6) is -1.14. The van der Waals surface area contributed by atoms with E-state index in [1.807, 2.05) is 53.4 Å². The van der Waals surface area contributed by atoms with Crippen LogP contribution >= 0.6 is 0 Å². The number of carbonyl (C=O) groups excluding carboxylic acids is 1. The molecule has 152 valence electrons. The number of amides is 1. The molecule has 5 rings (SSSR count). The topological polar surface area (TPSA) is 110 Å². The number of anilines is 1. The molecule has 0 spiro atoms. The van der Waals surface area contributed by atoms with Crippen LogP contribution in [0.5, 0.6) is 0 Å². The Morgan fingerprint density at radius 3 is 2.65 bits per heavy atom. The minimum Gasteiger partial charge on any atom is -0.476 e. The molecule has 0 bridgehead atoms. The molecule has 0 aliphatic carbocycles. The third kappa shape index (κ3) is 3.62. The van der Waals surface area contributed by atoms with Gasteiger partial charge in [-0.05, 0) is 48.0 Å². The number of aromatic carboxylic acids is 1.